The van der Waals surface area contributed by atoms with E-state index in [1.165, 1.54) is 24.4 Å². The summed E-state index contributed by atoms with van der Waals surface area (Å²) in [4.78, 5) is 14.3. The van der Waals surface area contributed by atoms with Gasteiger partial charge in [0.2, 0.25) is 0 Å². The molecule has 110 valence electrons. The lowest BCUT2D eigenvalue weighted by Gasteiger charge is -2.18. The Bertz CT molecular complexity index is 649. The van der Waals surface area contributed by atoms with E-state index in [1.807, 2.05) is 6.92 Å². The van der Waals surface area contributed by atoms with Crippen molar-refractivity contribution in [3.05, 3.63) is 62.6 Å². The second kappa shape index (κ2) is 6.62. The van der Waals surface area contributed by atoms with Crippen molar-refractivity contribution in [3.8, 4) is 0 Å². The van der Waals surface area contributed by atoms with E-state index in [0.717, 1.165) is 12.1 Å². The van der Waals surface area contributed by atoms with E-state index in [1.54, 1.807) is 12.1 Å². The van der Waals surface area contributed by atoms with Crippen molar-refractivity contribution >= 4 is 27.3 Å². The molecule has 1 aromatic heterocycles. The van der Waals surface area contributed by atoms with Gasteiger partial charge in [-0.05, 0) is 40.5 Å². The van der Waals surface area contributed by atoms with Gasteiger partial charge >= 0.3 is 0 Å². The molecule has 0 bridgehead atoms. The molecular formula is C14H13BrFN3O2. The van der Waals surface area contributed by atoms with Crippen LogP contribution in [0.4, 0.5) is 15.8 Å². The fraction of sp³-hybridized carbons (Fsp3) is 0.214. The van der Waals surface area contributed by atoms with E-state index in [2.05, 4.69) is 26.2 Å². The second-order valence-electron chi connectivity index (χ2n) is 4.43. The SMILES string of the molecule is CCC(Nc1ccc([N+](=O)[O-])cc1Br)c1ccc(F)cn1. The summed E-state index contributed by atoms with van der Waals surface area (Å²) < 4.78 is 13.5. The van der Waals surface area contributed by atoms with Gasteiger partial charge in [-0.3, -0.25) is 15.1 Å². The van der Waals surface area contributed by atoms with Crippen LogP contribution in [0.3, 0.4) is 0 Å². The van der Waals surface area contributed by atoms with E-state index < -0.39 is 4.92 Å². The van der Waals surface area contributed by atoms with Gasteiger partial charge in [0.1, 0.15) is 5.82 Å². The number of non-ortho nitro benzene ring substituents is 1. The fourth-order valence-electron chi connectivity index (χ4n) is 1.90. The number of nitrogens with one attached hydrogen (secondary N) is 1. The van der Waals surface area contributed by atoms with Crippen LogP contribution in [0.2, 0.25) is 0 Å². The standard InChI is InChI=1S/C14H13BrFN3O2/c1-2-12(14-5-3-9(16)8-17-14)18-13-6-4-10(19(20)21)7-11(13)15/h3-8,12,18H,2H2,1H3. The predicted molar refractivity (Wildman–Crippen MR) is 81.6 cm³/mol. The van der Waals surface area contributed by atoms with Crippen LogP contribution in [0.15, 0.2) is 41.0 Å². The van der Waals surface area contributed by atoms with Crippen LogP contribution in [0, 0.1) is 15.9 Å². The van der Waals surface area contributed by atoms with Crippen LogP contribution in [0.1, 0.15) is 25.1 Å². The van der Waals surface area contributed by atoms with Gasteiger partial charge in [0.15, 0.2) is 0 Å². The number of pyridine rings is 1. The maximum absolute atomic E-state index is 12.9. The molecule has 1 heterocycles. The zero-order valence-corrected chi connectivity index (χ0v) is 12.8. The molecule has 1 atom stereocenters. The Balaban J connectivity index is 2.22. The monoisotopic (exact) mass is 353 g/mol. The number of nitro benzene ring substituents is 1. The first-order chi connectivity index (χ1) is 10.0. The molecule has 0 aliphatic carbocycles. The van der Waals surface area contributed by atoms with Crippen molar-refractivity contribution < 1.29 is 9.31 Å². The summed E-state index contributed by atoms with van der Waals surface area (Å²) in [6.07, 6.45) is 1.91. The number of halogens is 2. The van der Waals surface area contributed by atoms with E-state index >= 15 is 0 Å². The van der Waals surface area contributed by atoms with Crippen molar-refractivity contribution in [1.29, 1.82) is 0 Å². The lowest BCUT2D eigenvalue weighted by molar-refractivity contribution is -0.384. The quantitative estimate of drug-likeness (QED) is 0.636. The van der Waals surface area contributed by atoms with Crippen LogP contribution in [-0.4, -0.2) is 9.91 Å². The Hall–Kier alpha value is -2.02. The first-order valence-electron chi connectivity index (χ1n) is 6.33. The maximum Gasteiger partial charge on any atom is 0.270 e. The van der Waals surface area contributed by atoms with Gasteiger partial charge in [-0.2, -0.15) is 0 Å². The van der Waals surface area contributed by atoms with Crippen molar-refractivity contribution in [2.45, 2.75) is 19.4 Å². The highest BCUT2D eigenvalue weighted by Crippen LogP contribution is 2.30. The smallest absolute Gasteiger partial charge is 0.270 e. The van der Waals surface area contributed by atoms with E-state index in [-0.39, 0.29) is 17.5 Å². The van der Waals surface area contributed by atoms with Gasteiger partial charge in [0.25, 0.3) is 5.69 Å². The maximum atomic E-state index is 12.9. The topological polar surface area (TPSA) is 68.1 Å². The number of rotatable bonds is 5. The van der Waals surface area contributed by atoms with Gasteiger partial charge < -0.3 is 5.32 Å². The Morgan fingerprint density at radius 1 is 1.43 bits per heavy atom. The third kappa shape index (κ3) is 3.75. The number of anilines is 1. The molecule has 1 aromatic carbocycles. The lowest BCUT2D eigenvalue weighted by Crippen LogP contribution is -2.11. The van der Waals surface area contributed by atoms with Crippen LogP contribution >= 0.6 is 15.9 Å². The van der Waals surface area contributed by atoms with Crippen LogP contribution in [-0.2, 0) is 0 Å². The molecule has 21 heavy (non-hydrogen) atoms. The number of hydrogen-bond acceptors (Lipinski definition) is 4. The molecule has 2 aromatic rings. The van der Waals surface area contributed by atoms with Crippen molar-refractivity contribution in [3.63, 3.8) is 0 Å². The van der Waals surface area contributed by atoms with Crippen molar-refractivity contribution in [2.24, 2.45) is 0 Å². The molecule has 0 saturated carbocycles. The molecule has 0 aliphatic heterocycles. The Morgan fingerprint density at radius 2 is 2.19 bits per heavy atom. The number of nitro groups is 1. The Kier molecular flexibility index (Phi) is 4.85. The summed E-state index contributed by atoms with van der Waals surface area (Å²) in [6, 6.07) is 7.37. The molecule has 0 amide bonds. The third-order valence-corrected chi connectivity index (χ3v) is 3.66. The molecule has 7 heteroatoms. The summed E-state index contributed by atoms with van der Waals surface area (Å²) in [5, 5.41) is 14.0. The van der Waals surface area contributed by atoms with Crippen LogP contribution < -0.4 is 5.32 Å². The van der Waals surface area contributed by atoms with E-state index in [9.17, 15) is 14.5 Å². The minimum atomic E-state index is -0.451. The summed E-state index contributed by atoms with van der Waals surface area (Å²) in [5.74, 6) is -0.384. The highest BCUT2D eigenvalue weighted by Gasteiger charge is 2.14. The first kappa shape index (κ1) is 15.4. The molecule has 0 aliphatic rings. The predicted octanol–water partition coefficient (Wildman–Crippen LogP) is 4.45. The average Bonchev–Trinajstić information content (AvgIpc) is 2.47. The van der Waals surface area contributed by atoms with Gasteiger partial charge in [-0.1, -0.05) is 6.92 Å². The van der Waals surface area contributed by atoms with Gasteiger partial charge in [0, 0.05) is 22.3 Å². The molecule has 5 nitrogen and oxygen atoms in total. The third-order valence-electron chi connectivity index (χ3n) is 3.01. The van der Waals surface area contributed by atoms with E-state index in [4.69, 9.17) is 0 Å². The summed E-state index contributed by atoms with van der Waals surface area (Å²) in [7, 11) is 0. The molecule has 1 N–H and O–H groups in total. The molecule has 2 rings (SSSR count). The van der Waals surface area contributed by atoms with Crippen LogP contribution in [0.5, 0.6) is 0 Å². The normalized spacial score (nSPS) is 12.0. The Morgan fingerprint density at radius 3 is 2.71 bits per heavy atom. The van der Waals surface area contributed by atoms with Crippen molar-refractivity contribution in [2.75, 3.05) is 5.32 Å². The molecule has 0 radical (unpaired) electrons. The summed E-state index contributed by atoms with van der Waals surface area (Å²) >= 11 is 3.31. The number of benzene rings is 1. The fourth-order valence-corrected chi connectivity index (χ4v) is 2.38. The molecule has 0 fully saturated rings. The van der Waals surface area contributed by atoms with E-state index in [0.29, 0.717) is 10.2 Å². The summed E-state index contributed by atoms with van der Waals surface area (Å²) in [5.41, 5.74) is 1.45. The highest BCUT2D eigenvalue weighted by atomic mass is 79.9. The van der Waals surface area contributed by atoms with Crippen molar-refractivity contribution in [1.82, 2.24) is 4.98 Å². The zero-order valence-electron chi connectivity index (χ0n) is 11.2. The largest absolute Gasteiger partial charge is 0.376 e. The van der Waals surface area contributed by atoms with Gasteiger partial charge in [-0.25, -0.2) is 4.39 Å². The summed E-state index contributed by atoms with van der Waals surface area (Å²) in [6.45, 7) is 1.97. The minimum absolute atomic E-state index is 0.0142. The lowest BCUT2D eigenvalue weighted by atomic mass is 10.1. The van der Waals surface area contributed by atoms with Crippen LogP contribution in [0.25, 0.3) is 0 Å². The molecule has 0 spiro atoms. The Labute approximate surface area is 129 Å². The molecule has 1 unspecified atom stereocenters. The molecular weight excluding hydrogens is 341 g/mol. The highest BCUT2D eigenvalue weighted by molar-refractivity contribution is 9.10. The number of hydrogen-bond donors (Lipinski definition) is 1. The minimum Gasteiger partial charge on any atom is -0.376 e. The number of aromatic nitrogens is 1. The molecule has 0 saturated heterocycles. The average molecular weight is 354 g/mol. The van der Waals surface area contributed by atoms with Gasteiger partial charge in [-0.15, -0.1) is 0 Å². The zero-order chi connectivity index (χ0) is 15.4. The first-order valence-corrected chi connectivity index (χ1v) is 7.12. The second-order valence-corrected chi connectivity index (χ2v) is 5.28. The van der Waals surface area contributed by atoms with Gasteiger partial charge in [0.05, 0.1) is 22.9 Å². The number of nitrogens with zero attached hydrogens (tertiary/aromatic N) is 2.